The number of carbonyl (C=O) groups excluding carboxylic acids is 2. The van der Waals surface area contributed by atoms with Crippen LogP contribution in [-0.4, -0.2) is 63.9 Å². The number of hydrogen-bond donors (Lipinski definition) is 2. The lowest BCUT2D eigenvalue weighted by atomic mass is 9.96. The predicted molar refractivity (Wildman–Crippen MR) is 128 cm³/mol. The third-order valence-corrected chi connectivity index (χ3v) is 7.46. The number of halogens is 3. The first-order valence-corrected chi connectivity index (χ1v) is 13.1. The largest absolute Gasteiger partial charge is 0.587 e. The molecule has 10 nitrogen and oxygen atoms in total. The lowest BCUT2D eigenvalue weighted by molar-refractivity contribution is -0.200. The van der Waals surface area contributed by atoms with Gasteiger partial charge < -0.3 is 24.0 Å². The number of phosphoric acid groups is 1. The highest BCUT2D eigenvalue weighted by atomic mass is 31.2. The third-order valence-electron chi connectivity index (χ3n) is 6.14. The van der Waals surface area contributed by atoms with Crippen molar-refractivity contribution >= 4 is 19.5 Å². The number of Topliss-reactive ketones (excluding diaryl/α,β-unsaturated/α-hetero) is 1. The number of allylic oxidation sites excluding steroid dienone is 1. The number of ketones is 1. The average molecular weight is 571 g/mol. The van der Waals surface area contributed by atoms with E-state index >= 15 is 0 Å². The van der Waals surface area contributed by atoms with E-state index in [1.807, 2.05) is 0 Å². The standard InChI is InChI=1S/C25H25F3NO9P/c1-14-3-7-16(8-4-14)37-39(34,38-17-9-5-15(2)6-10-17)35-13-25(24(27)28)22(33)21(32)23(36-25)29-12-18(26)19(30)11-20(29)31/h3-10,12,21-24,32-33H,11,13H2,1-2H3/t21-,22-,23+,25+/m0/s1. The van der Waals surface area contributed by atoms with Crippen molar-refractivity contribution < 1.29 is 55.8 Å². The number of carbonyl (C=O) groups is 2. The summed E-state index contributed by atoms with van der Waals surface area (Å²) in [5.74, 6) is -3.54. The van der Waals surface area contributed by atoms with Gasteiger partial charge in [0.25, 0.3) is 6.43 Å². The van der Waals surface area contributed by atoms with Gasteiger partial charge in [0.15, 0.2) is 17.7 Å². The van der Waals surface area contributed by atoms with Crippen molar-refractivity contribution in [1.29, 1.82) is 0 Å². The summed E-state index contributed by atoms with van der Waals surface area (Å²) in [6.45, 7) is 2.24. The van der Waals surface area contributed by atoms with E-state index in [-0.39, 0.29) is 11.5 Å². The van der Waals surface area contributed by atoms with E-state index in [0.717, 1.165) is 11.1 Å². The second-order valence-corrected chi connectivity index (χ2v) is 10.6. The lowest BCUT2D eigenvalue weighted by Gasteiger charge is -2.33. The number of hydrogen-bond acceptors (Lipinski definition) is 9. The highest BCUT2D eigenvalue weighted by molar-refractivity contribution is 7.49. The molecule has 2 N–H and O–H groups in total. The van der Waals surface area contributed by atoms with E-state index < -0.39 is 68.8 Å². The van der Waals surface area contributed by atoms with Gasteiger partial charge in [-0.25, -0.2) is 17.7 Å². The third kappa shape index (κ3) is 6.02. The first kappa shape index (κ1) is 28.8. The van der Waals surface area contributed by atoms with Gasteiger partial charge in [0.1, 0.15) is 23.7 Å². The van der Waals surface area contributed by atoms with Crippen LogP contribution in [0.2, 0.25) is 0 Å². The fourth-order valence-corrected chi connectivity index (χ4v) is 5.16. The molecule has 1 saturated heterocycles. The summed E-state index contributed by atoms with van der Waals surface area (Å²) in [5, 5.41) is 21.1. The molecule has 4 atom stereocenters. The van der Waals surface area contributed by atoms with Crippen LogP contribution in [0.1, 0.15) is 17.5 Å². The van der Waals surface area contributed by atoms with Gasteiger partial charge in [0, 0.05) is 6.20 Å². The molecule has 2 aliphatic heterocycles. The Morgan fingerprint density at radius 1 is 1.03 bits per heavy atom. The molecule has 0 aromatic heterocycles. The number of aliphatic hydroxyl groups excluding tert-OH is 2. The van der Waals surface area contributed by atoms with E-state index in [9.17, 15) is 37.5 Å². The van der Waals surface area contributed by atoms with E-state index in [2.05, 4.69) is 0 Å². The Bertz CT molecular complexity index is 1250. The fraction of sp³-hybridized carbons (Fsp3) is 0.360. The summed E-state index contributed by atoms with van der Waals surface area (Å²) < 4.78 is 77.7. The highest BCUT2D eigenvalue weighted by Crippen LogP contribution is 2.52. The number of aryl methyl sites for hydroxylation is 2. The van der Waals surface area contributed by atoms with Crippen molar-refractivity contribution in [3.8, 4) is 11.5 Å². The zero-order valence-electron chi connectivity index (χ0n) is 20.7. The molecular weight excluding hydrogens is 546 g/mol. The number of nitrogens with zero attached hydrogens (tertiary/aromatic N) is 1. The molecule has 0 radical (unpaired) electrons. The van der Waals surface area contributed by atoms with Crippen LogP contribution >= 0.6 is 7.82 Å². The molecule has 2 heterocycles. The summed E-state index contributed by atoms with van der Waals surface area (Å²) >= 11 is 0. The second kappa shape index (κ2) is 11.1. The Balaban J connectivity index is 1.62. The minimum absolute atomic E-state index is 0.0112. The maximum Gasteiger partial charge on any atom is 0.587 e. The van der Waals surface area contributed by atoms with Crippen molar-refractivity contribution in [2.24, 2.45) is 0 Å². The Hall–Kier alpha value is -3.22. The monoisotopic (exact) mass is 571 g/mol. The number of ether oxygens (including phenoxy) is 1. The molecule has 0 saturated carbocycles. The number of rotatable bonds is 9. The van der Waals surface area contributed by atoms with Gasteiger partial charge in [-0.3, -0.25) is 19.0 Å². The molecule has 4 rings (SSSR count). The smallest absolute Gasteiger partial charge is 0.395 e. The van der Waals surface area contributed by atoms with E-state index in [1.165, 1.54) is 24.3 Å². The van der Waals surface area contributed by atoms with Crippen molar-refractivity contribution in [3.05, 3.63) is 71.7 Å². The number of aliphatic hydroxyl groups is 2. The van der Waals surface area contributed by atoms with Gasteiger partial charge in [0.2, 0.25) is 11.7 Å². The molecule has 0 aliphatic carbocycles. The van der Waals surface area contributed by atoms with Crippen LogP contribution < -0.4 is 9.05 Å². The number of benzene rings is 2. The zero-order chi connectivity index (χ0) is 28.5. The normalized spacial score (nSPS) is 25.7. The minimum Gasteiger partial charge on any atom is -0.395 e. The van der Waals surface area contributed by atoms with E-state index in [0.29, 0.717) is 11.1 Å². The van der Waals surface area contributed by atoms with Crippen LogP contribution in [0.4, 0.5) is 13.2 Å². The SMILES string of the molecule is Cc1ccc(OP(=O)(OC[C@@]2(C(F)F)O[C@@H](N3C=C(F)C(=O)CC3=O)[C@@H](O)[C@@H]2O)Oc2ccc(C)cc2)cc1. The predicted octanol–water partition coefficient (Wildman–Crippen LogP) is 3.58. The molecule has 0 spiro atoms. The Morgan fingerprint density at radius 2 is 1.54 bits per heavy atom. The molecule has 2 aromatic rings. The van der Waals surface area contributed by atoms with Crippen LogP contribution in [-0.2, 0) is 23.4 Å². The fourth-order valence-electron chi connectivity index (χ4n) is 3.90. The van der Waals surface area contributed by atoms with Crippen LogP contribution in [0.3, 0.4) is 0 Å². The van der Waals surface area contributed by atoms with Crippen molar-refractivity contribution in [3.63, 3.8) is 0 Å². The molecule has 2 aromatic carbocycles. The van der Waals surface area contributed by atoms with Gasteiger partial charge in [-0.2, -0.15) is 0 Å². The number of amides is 1. The Kier molecular flexibility index (Phi) is 8.20. The summed E-state index contributed by atoms with van der Waals surface area (Å²) in [5.41, 5.74) is -1.37. The first-order valence-electron chi connectivity index (χ1n) is 11.6. The first-order chi connectivity index (χ1) is 18.3. The Morgan fingerprint density at radius 3 is 2.03 bits per heavy atom. The maximum atomic E-state index is 14.4. The molecule has 2 aliphatic rings. The van der Waals surface area contributed by atoms with E-state index in [1.54, 1.807) is 38.1 Å². The Labute approximate surface area is 221 Å². The topological polar surface area (TPSA) is 132 Å². The quantitative estimate of drug-likeness (QED) is 0.343. The molecule has 0 bridgehead atoms. The average Bonchev–Trinajstić information content (AvgIpc) is 3.14. The van der Waals surface area contributed by atoms with Crippen LogP contribution in [0, 0.1) is 13.8 Å². The summed E-state index contributed by atoms with van der Waals surface area (Å²) in [6, 6.07) is 12.3. The molecule has 0 unspecified atom stereocenters. The van der Waals surface area contributed by atoms with Gasteiger partial charge in [-0.1, -0.05) is 35.4 Å². The maximum absolute atomic E-state index is 14.4. The number of alkyl halides is 2. The second-order valence-electron chi connectivity index (χ2n) is 9.11. The molecule has 39 heavy (non-hydrogen) atoms. The van der Waals surface area contributed by atoms with Crippen molar-refractivity contribution in [1.82, 2.24) is 4.90 Å². The van der Waals surface area contributed by atoms with E-state index in [4.69, 9.17) is 18.3 Å². The van der Waals surface area contributed by atoms with Gasteiger partial charge in [-0.15, -0.1) is 0 Å². The van der Waals surface area contributed by atoms with Crippen LogP contribution in [0.5, 0.6) is 11.5 Å². The minimum atomic E-state index is -4.76. The molecule has 14 heteroatoms. The van der Waals surface area contributed by atoms with Gasteiger partial charge >= 0.3 is 7.82 Å². The summed E-state index contributed by atoms with van der Waals surface area (Å²) in [4.78, 5) is 24.1. The molecular formula is C25H25F3NO9P. The highest BCUT2D eigenvalue weighted by Gasteiger charge is 2.63. The van der Waals surface area contributed by atoms with Gasteiger partial charge in [0.05, 0.1) is 13.0 Å². The summed E-state index contributed by atoms with van der Waals surface area (Å²) in [7, 11) is -4.76. The van der Waals surface area contributed by atoms with Crippen molar-refractivity contribution in [2.75, 3.05) is 6.61 Å². The number of phosphoric ester groups is 1. The molecule has 1 amide bonds. The molecule has 210 valence electrons. The van der Waals surface area contributed by atoms with Crippen molar-refractivity contribution in [2.45, 2.75) is 50.7 Å². The van der Waals surface area contributed by atoms with Crippen LogP contribution in [0.25, 0.3) is 0 Å². The van der Waals surface area contributed by atoms with Gasteiger partial charge in [-0.05, 0) is 38.1 Å². The van der Waals surface area contributed by atoms with Crippen LogP contribution in [0.15, 0.2) is 60.6 Å². The zero-order valence-corrected chi connectivity index (χ0v) is 21.6. The molecule has 1 fully saturated rings. The summed E-state index contributed by atoms with van der Waals surface area (Å²) in [6.07, 6.45) is -10.7. The lowest BCUT2D eigenvalue weighted by Crippen LogP contribution is -2.52.